The van der Waals surface area contributed by atoms with Gasteiger partial charge in [0.15, 0.2) is 0 Å². The third kappa shape index (κ3) is 37.8. The van der Waals surface area contributed by atoms with Gasteiger partial charge in [-0.2, -0.15) is 0 Å². The van der Waals surface area contributed by atoms with Gasteiger partial charge in [-0.05, 0) is 89.9 Å². The highest BCUT2D eigenvalue weighted by Gasteiger charge is 2.12. The molecule has 0 aromatic carbocycles. The Morgan fingerprint density at radius 1 is 0.438 bits per heavy atom. The molecule has 48 heavy (non-hydrogen) atoms. The van der Waals surface area contributed by atoms with Crippen LogP contribution in [0, 0.1) is 0 Å². The van der Waals surface area contributed by atoms with E-state index >= 15 is 0 Å². The van der Waals surface area contributed by atoms with Crippen LogP contribution < -0.4 is 0 Å². The van der Waals surface area contributed by atoms with Crippen molar-refractivity contribution in [3.63, 3.8) is 0 Å². The lowest BCUT2D eigenvalue weighted by Gasteiger charge is -2.12. The highest BCUT2D eigenvalue weighted by Crippen LogP contribution is 2.09. The Balaban J connectivity index is 3.56. The zero-order valence-electron chi connectivity index (χ0n) is 31.0. The summed E-state index contributed by atoms with van der Waals surface area (Å²) in [5, 5.41) is 10.0. The predicted molar refractivity (Wildman–Crippen MR) is 205 cm³/mol. The largest absolute Gasteiger partial charge is 0.463 e. The first kappa shape index (κ1) is 45.3. The van der Waals surface area contributed by atoms with Crippen molar-refractivity contribution >= 4 is 11.9 Å². The number of aliphatic hydroxyl groups is 1. The molecule has 0 spiro atoms. The summed E-state index contributed by atoms with van der Waals surface area (Å²) in [7, 11) is 0. The van der Waals surface area contributed by atoms with E-state index in [4.69, 9.17) is 9.47 Å². The van der Waals surface area contributed by atoms with E-state index in [-0.39, 0.29) is 25.2 Å². The van der Waals surface area contributed by atoms with E-state index in [1.807, 2.05) is 0 Å². The van der Waals surface area contributed by atoms with Gasteiger partial charge in [0.25, 0.3) is 0 Å². The summed E-state index contributed by atoms with van der Waals surface area (Å²) in [5.74, 6) is -0.620. The van der Waals surface area contributed by atoms with Crippen molar-refractivity contribution in [3.05, 3.63) is 72.9 Å². The van der Waals surface area contributed by atoms with Gasteiger partial charge in [-0.3, -0.25) is 9.59 Å². The Morgan fingerprint density at radius 3 is 1.06 bits per heavy atom. The van der Waals surface area contributed by atoms with E-state index in [1.165, 1.54) is 51.4 Å². The summed E-state index contributed by atoms with van der Waals surface area (Å²) in [6.45, 7) is 4.19. The predicted octanol–water partition coefficient (Wildman–Crippen LogP) is 12.2. The van der Waals surface area contributed by atoms with Crippen LogP contribution in [0.25, 0.3) is 0 Å². The molecule has 0 saturated heterocycles. The Labute approximate surface area is 295 Å². The van der Waals surface area contributed by atoms with Crippen LogP contribution in [0.1, 0.15) is 168 Å². The zero-order valence-corrected chi connectivity index (χ0v) is 31.0. The molecular formula is C43H72O5. The summed E-state index contributed by atoms with van der Waals surface area (Å²) >= 11 is 0. The van der Waals surface area contributed by atoms with Crippen LogP contribution in [-0.4, -0.2) is 36.4 Å². The fourth-order valence-electron chi connectivity index (χ4n) is 4.92. The molecule has 0 bridgehead atoms. The number of rotatable bonds is 34. The number of unbranched alkanes of at least 4 members (excludes halogenated alkanes) is 14. The van der Waals surface area contributed by atoms with Crippen LogP contribution in [0.15, 0.2) is 72.9 Å². The molecule has 0 atom stereocenters. The van der Waals surface area contributed by atoms with Crippen molar-refractivity contribution in [2.24, 2.45) is 0 Å². The van der Waals surface area contributed by atoms with E-state index in [0.29, 0.717) is 12.8 Å². The maximum Gasteiger partial charge on any atom is 0.305 e. The lowest BCUT2D eigenvalue weighted by atomic mass is 10.1. The second-order valence-electron chi connectivity index (χ2n) is 12.7. The van der Waals surface area contributed by atoms with Crippen LogP contribution >= 0.6 is 0 Å². The first-order chi connectivity index (χ1) is 23.6. The number of ether oxygens (including phenoxy) is 2. The second kappa shape index (κ2) is 38.8. The summed E-state index contributed by atoms with van der Waals surface area (Å²) in [6, 6.07) is 0. The minimum absolute atomic E-state index is 0.139. The van der Waals surface area contributed by atoms with Crippen LogP contribution in [0.4, 0.5) is 0 Å². The minimum Gasteiger partial charge on any atom is -0.463 e. The van der Waals surface area contributed by atoms with E-state index in [2.05, 4.69) is 86.8 Å². The molecule has 0 saturated carbocycles. The number of esters is 2. The second-order valence-corrected chi connectivity index (χ2v) is 12.7. The smallest absolute Gasteiger partial charge is 0.305 e. The standard InChI is InChI=1S/C43H72O5/c1-3-5-7-9-11-13-15-17-19-21-23-25-27-29-31-33-35-37-42(45)47-39-41(44)40-48-43(46)38-36-34-32-30-28-26-24-22-20-18-16-14-12-10-8-6-4-2/h11-14,17-20,23-26,41,44H,3-10,15-16,21-22,27-40H2,1-2H3/b13-11-,14-12-,19-17-,20-18-,25-23-,26-24-. The van der Waals surface area contributed by atoms with Gasteiger partial charge in [0, 0.05) is 12.8 Å². The lowest BCUT2D eigenvalue weighted by molar-refractivity contribution is -0.152. The van der Waals surface area contributed by atoms with Crippen LogP contribution in [0.5, 0.6) is 0 Å². The molecule has 1 N–H and O–H groups in total. The number of hydrogen-bond acceptors (Lipinski definition) is 5. The van der Waals surface area contributed by atoms with Crippen LogP contribution in [0.2, 0.25) is 0 Å². The first-order valence-electron chi connectivity index (χ1n) is 19.5. The van der Waals surface area contributed by atoms with Crippen molar-refractivity contribution in [3.8, 4) is 0 Å². The molecule has 5 heteroatoms. The van der Waals surface area contributed by atoms with E-state index in [1.54, 1.807) is 0 Å². The van der Waals surface area contributed by atoms with E-state index < -0.39 is 6.10 Å². The summed E-state index contributed by atoms with van der Waals surface area (Å²) in [4.78, 5) is 23.9. The van der Waals surface area contributed by atoms with Crippen LogP contribution in [-0.2, 0) is 19.1 Å². The number of aliphatic hydroxyl groups excluding tert-OH is 1. The number of carbonyl (C=O) groups excluding carboxylic acids is 2. The highest BCUT2D eigenvalue weighted by atomic mass is 16.6. The van der Waals surface area contributed by atoms with Gasteiger partial charge in [-0.25, -0.2) is 0 Å². The molecular weight excluding hydrogens is 596 g/mol. The van der Waals surface area contributed by atoms with Crippen molar-refractivity contribution < 1.29 is 24.2 Å². The Morgan fingerprint density at radius 2 is 0.729 bits per heavy atom. The zero-order chi connectivity index (χ0) is 35.0. The SMILES string of the molecule is CCCCC/C=C\C/C=C\C/C=C\CCCCCCC(=O)OCC(O)COC(=O)CCCCCC/C=C\C/C=C\C/C=C\CCCCC. The first-order valence-corrected chi connectivity index (χ1v) is 19.5. The van der Waals surface area contributed by atoms with Crippen molar-refractivity contribution in [1.82, 2.24) is 0 Å². The molecule has 0 aromatic rings. The molecule has 0 radical (unpaired) electrons. The molecule has 0 aliphatic rings. The molecule has 0 aromatic heterocycles. The van der Waals surface area contributed by atoms with Crippen molar-refractivity contribution in [2.45, 2.75) is 174 Å². The average Bonchev–Trinajstić information content (AvgIpc) is 3.09. The molecule has 0 heterocycles. The third-order valence-corrected chi connectivity index (χ3v) is 7.91. The fourth-order valence-corrected chi connectivity index (χ4v) is 4.92. The van der Waals surface area contributed by atoms with Gasteiger partial charge < -0.3 is 14.6 Å². The summed E-state index contributed by atoms with van der Waals surface area (Å²) in [5.41, 5.74) is 0. The average molecular weight is 669 g/mol. The Bertz CT molecular complexity index is 823. The monoisotopic (exact) mass is 669 g/mol. The van der Waals surface area contributed by atoms with Crippen molar-refractivity contribution in [1.29, 1.82) is 0 Å². The highest BCUT2D eigenvalue weighted by molar-refractivity contribution is 5.69. The number of allylic oxidation sites excluding steroid dienone is 12. The molecule has 274 valence electrons. The van der Waals surface area contributed by atoms with Gasteiger partial charge >= 0.3 is 11.9 Å². The van der Waals surface area contributed by atoms with Gasteiger partial charge in [-0.15, -0.1) is 0 Å². The van der Waals surface area contributed by atoms with Gasteiger partial charge in [0.05, 0.1) is 0 Å². The number of hydrogen-bond donors (Lipinski definition) is 1. The third-order valence-electron chi connectivity index (χ3n) is 7.91. The van der Waals surface area contributed by atoms with E-state index in [9.17, 15) is 14.7 Å². The Kier molecular flexibility index (Phi) is 36.6. The Hall–Kier alpha value is -2.66. The minimum atomic E-state index is -0.986. The van der Waals surface area contributed by atoms with Gasteiger partial charge in [0.2, 0.25) is 0 Å². The molecule has 0 aliphatic heterocycles. The lowest BCUT2D eigenvalue weighted by Crippen LogP contribution is -2.25. The number of carbonyl (C=O) groups is 2. The van der Waals surface area contributed by atoms with Crippen molar-refractivity contribution in [2.75, 3.05) is 13.2 Å². The molecule has 0 unspecified atom stereocenters. The quantitative estimate of drug-likeness (QED) is 0.0420. The van der Waals surface area contributed by atoms with E-state index in [0.717, 1.165) is 89.9 Å². The van der Waals surface area contributed by atoms with Gasteiger partial charge in [0.1, 0.15) is 19.3 Å². The maximum absolute atomic E-state index is 12.0. The topological polar surface area (TPSA) is 72.8 Å². The van der Waals surface area contributed by atoms with Gasteiger partial charge in [-0.1, -0.05) is 138 Å². The summed E-state index contributed by atoms with van der Waals surface area (Å²) in [6.07, 6.45) is 50.9. The van der Waals surface area contributed by atoms with Crippen LogP contribution in [0.3, 0.4) is 0 Å². The maximum atomic E-state index is 12.0. The fraction of sp³-hybridized carbons (Fsp3) is 0.674. The molecule has 0 amide bonds. The molecule has 0 fully saturated rings. The molecule has 0 rings (SSSR count). The molecule has 0 aliphatic carbocycles. The summed E-state index contributed by atoms with van der Waals surface area (Å²) < 4.78 is 10.3. The normalized spacial score (nSPS) is 12.4. The molecule has 5 nitrogen and oxygen atoms in total.